The number of anilines is 1. The third-order valence-corrected chi connectivity index (χ3v) is 2.05. The van der Waals surface area contributed by atoms with Crippen LogP contribution in [0.15, 0.2) is 41.8 Å². The lowest BCUT2D eigenvalue weighted by atomic mass is 10.3. The van der Waals surface area contributed by atoms with E-state index in [1.807, 2.05) is 30.3 Å². The Labute approximate surface area is 94.7 Å². The number of hydrogen-bond acceptors (Lipinski definition) is 4. The molecular formula is C11H16N4O. The van der Waals surface area contributed by atoms with Crippen molar-refractivity contribution < 1.29 is 5.11 Å². The van der Waals surface area contributed by atoms with E-state index in [1.165, 1.54) is 11.9 Å². The summed E-state index contributed by atoms with van der Waals surface area (Å²) in [6.07, 6.45) is 0. The zero-order valence-corrected chi connectivity index (χ0v) is 9.36. The van der Waals surface area contributed by atoms with E-state index in [0.717, 1.165) is 5.69 Å². The van der Waals surface area contributed by atoms with E-state index in [9.17, 15) is 0 Å². The summed E-state index contributed by atoms with van der Waals surface area (Å²) in [5.41, 5.74) is 9.39. The fourth-order valence-electron chi connectivity index (χ4n) is 1.11. The van der Waals surface area contributed by atoms with Crippen LogP contribution < -0.4 is 11.2 Å². The summed E-state index contributed by atoms with van der Waals surface area (Å²) in [6.45, 7) is 1.44. The predicted octanol–water partition coefficient (Wildman–Crippen LogP) is 1.67. The van der Waals surface area contributed by atoms with Gasteiger partial charge in [0.05, 0.1) is 5.69 Å². The molecule has 1 rings (SSSR count). The van der Waals surface area contributed by atoms with E-state index in [1.54, 1.807) is 7.05 Å². The highest BCUT2D eigenvalue weighted by Gasteiger charge is 2.09. The molecule has 0 aliphatic rings. The average Bonchev–Trinajstić information content (AvgIpc) is 2.28. The lowest BCUT2D eigenvalue weighted by molar-refractivity contribution is 0.407. The normalized spacial score (nSPS) is 11.6. The van der Waals surface area contributed by atoms with Crippen molar-refractivity contribution >= 4 is 11.5 Å². The molecule has 0 saturated heterocycles. The highest BCUT2D eigenvalue weighted by Crippen LogP contribution is 2.07. The van der Waals surface area contributed by atoms with Crippen LogP contribution in [0, 0.1) is 5.41 Å². The molecule has 86 valence electrons. The second kappa shape index (κ2) is 5.06. The van der Waals surface area contributed by atoms with Gasteiger partial charge < -0.3 is 10.8 Å². The van der Waals surface area contributed by atoms with Crippen LogP contribution in [0.2, 0.25) is 0 Å². The zero-order chi connectivity index (χ0) is 12.1. The van der Waals surface area contributed by atoms with Crippen molar-refractivity contribution in [2.75, 3.05) is 12.5 Å². The summed E-state index contributed by atoms with van der Waals surface area (Å²) in [6, 6.07) is 9.42. The van der Waals surface area contributed by atoms with Gasteiger partial charge in [0.15, 0.2) is 5.84 Å². The average molecular weight is 220 g/mol. The zero-order valence-electron chi connectivity index (χ0n) is 9.36. The minimum absolute atomic E-state index is 0.0175. The number of aliphatic hydroxyl groups excluding tert-OH is 1. The molecule has 0 aliphatic heterocycles. The van der Waals surface area contributed by atoms with Crippen molar-refractivity contribution in [2.24, 2.45) is 5.73 Å². The fraction of sp³-hybridized carbons (Fsp3) is 0.182. The van der Waals surface area contributed by atoms with Gasteiger partial charge >= 0.3 is 0 Å². The smallest absolute Gasteiger partial charge is 0.166 e. The summed E-state index contributed by atoms with van der Waals surface area (Å²) in [5.74, 6) is -0.0458. The van der Waals surface area contributed by atoms with Crippen molar-refractivity contribution in [1.29, 1.82) is 5.41 Å². The number of rotatable bonds is 3. The molecule has 5 N–H and O–H groups in total. The first-order chi connectivity index (χ1) is 7.52. The predicted molar refractivity (Wildman–Crippen MR) is 65.1 cm³/mol. The topological polar surface area (TPSA) is 85.4 Å². The van der Waals surface area contributed by atoms with Gasteiger partial charge in [0, 0.05) is 7.05 Å². The lowest BCUT2D eigenvalue weighted by Gasteiger charge is -2.22. The number of hydrazine groups is 1. The number of aliphatic hydroxyl groups is 1. The van der Waals surface area contributed by atoms with Crippen LogP contribution in [0.25, 0.3) is 0 Å². The van der Waals surface area contributed by atoms with Crippen molar-refractivity contribution in [2.45, 2.75) is 6.92 Å². The maximum Gasteiger partial charge on any atom is 0.166 e. The molecule has 0 bridgehead atoms. The van der Waals surface area contributed by atoms with Crippen molar-refractivity contribution in [3.05, 3.63) is 41.8 Å². The molecule has 5 nitrogen and oxygen atoms in total. The van der Waals surface area contributed by atoms with Crippen LogP contribution in [0.4, 0.5) is 5.69 Å². The number of hydrogen-bond donors (Lipinski definition) is 4. The molecule has 0 fully saturated rings. The standard InChI is InChI=1S/C11H16N4O/c1-8(16)10(12)11(13)15(2)14-9-6-4-3-5-7-9/h3-7,13-14,16H,12H2,1-2H3. The molecule has 0 saturated carbocycles. The van der Waals surface area contributed by atoms with Crippen LogP contribution in [0.1, 0.15) is 6.92 Å². The molecule has 0 heterocycles. The first-order valence-corrected chi connectivity index (χ1v) is 4.82. The van der Waals surface area contributed by atoms with Crippen molar-refractivity contribution in [1.82, 2.24) is 5.01 Å². The maximum absolute atomic E-state index is 9.17. The minimum Gasteiger partial charge on any atom is -0.510 e. The van der Waals surface area contributed by atoms with E-state index in [0.29, 0.717) is 0 Å². The van der Waals surface area contributed by atoms with Gasteiger partial charge in [-0.3, -0.25) is 15.8 Å². The number of likely N-dealkylation sites (N-methyl/N-ethyl adjacent to an activating group) is 1. The summed E-state index contributed by atoms with van der Waals surface area (Å²) >= 11 is 0. The van der Waals surface area contributed by atoms with E-state index in [2.05, 4.69) is 5.43 Å². The van der Waals surface area contributed by atoms with Gasteiger partial charge in [-0.1, -0.05) is 18.2 Å². The summed E-state index contributed by atoms with van der Waals surface area (Å²) in [4.78, 5) is 0. The van der Waals surface area contributed by atoms with Gasteiger partial charge in [-0.05, 0) is 19.1 Å². The SMILES string of the molecule is CC(O)=C(N)C(=N)N(C)Nc1ccccc1. The molecule has 0 unspecified atom stereocenters. The third kappa shape index (κ3) is 2.91. The Hall–Kier alpha value is -2.17. The largest absolute Gasteiger partial charge is 0.510 e. The fourth-order valence-corrected chi connectivity index (χ4v) is 1.11. The van der Waals surface area contributed by atoms with Crippen LogP contribution >= 0.6 is 0 Å². The van der Waals surface area contributed by atoms with E-state index in [4.69, 9.17) is 16.2 Å². The Bertz CT molecular complexity index is 396. The molecule has 1 aromatic carbocycles. The molecule has 0 aromatic heterocycles. The Kier molecular flexibility index (Phi) is 3.77. The first-order valence-electron chi connectivity index (χ1n) is 4.82. The second-order valence-corrected chi connectivity index (χ2v) is 3.38. The van der Waals surface area contributed by atoms with Gasteiger partial charge in [-0.15, -0.1) is 0 Å². The number of nitrogens with one attached hydrogen (secondary N) is 2. The molecule has 0 aliphatic carbocycles. The van der Waals surface area contributed by atoms with Crippen LogP contribution in [-0.4, -0.2) is 23.0 Å². The molecule has 16 heavy (non-hydrogen) atoms. The number of amidine groups is 1. The van der Waals surface area contributed by atoms with Gasteiger partial charge in [-0.25, -0.2) is 0 Å². The third-order valence-electron chi connectivity index (χ3n) is 2.05. The monoisotopic (exact) mass is 220 g/mol. The molecular weight excluding hydrogens is 204 g/mol. The van der Waals surface area contributed by atoms with Gasteiger partial charge in [0.2, 0.25) is 0 Å². The van der Waals surface area contributed by atoms with Crippen LogP contribution in [-0.2, 0) is 0 Å². The summed E-state index contributed by atoms with van der Waals surface area (Å²) < 4.78 is 0. The quantitative estimate of drug-likeness (QED) is 0.270. The molecule has 0 atom stereocenters. The lowest BCUT2D eigenvalue weighted by Crippen LogP contribution is -2.35. The molecule has 1 aromatic rings. The number of para-hydroxylation sites is 1. The van der Waals surface area contributed by atoms with Gasteiger partial charge in [0.25, 0.3) is 0 Å². The minimum atomic E-state index is -0.0632. The molecule has 0 radical (unpaired) electrons. The summed E-state index contributed by atoms with van der Waals surface area (Å²) in [7, 11) is 1.66. The molecule has 0 amide bonds. The number of allylic oxidation sites excluding steroid dienone is 1. The van der Waals surface area contributed by atoms with Gasteiger partial charge in [0.1, 0.15) is 11.5 Å². The number of nitrogens with zero attached hydrogens (tertiary/aromatic N) is 1. The summed E-state index contributed by atoms with van der Waals surface area (Å²) in [5, 5.41) is 18.3. The highest BCUT2D eigenvalue weighted by molar-refractivity contribution is 5.95. The van der Waals surface area contributed by atoms with Gasteiger partial charge in [-0.2, -0.15) is 0 Å². The Morgan fingerprint density at radius 2 is 1.94 bits per heavy atom. The number of benzene rings is 1. The highest BCUT2D eigenvalue weighted by atomic mass is 16.3. The molecule has 5 heteroatoms. The maximum atomic E-state index is 9.17. The van der Waals surface area contributed by atoms with Crippen LogP contribution in [0.3, 0.4) is 0 Å². The van der Waals surface area contributed by atoms with E-state index < -0.39 is 0 Å². The van der Waals surface area contributed by atoms with E-state index in [-0.39, 0.29) is 17.3 Å². The van der Waals surface area contributed by atoms with E-state index >= 15 is 0 Å². The number of nitrogens with two attached hydrogens (primary N) is 1. The van der Waals surface area contributed by atoms with Crippen LogP contribution in [0.5, 0.6) is 0 Å². The first kappa shape index (κ1) is 11.9. The van der Waals surface area contributed by atoms with Crippen molar-refractivity contribution in [3.63, 3.8) is 0 Å². The Morgan fingerprint density at radius 1 is 1.38 bits per heavy atom. The Balaban J connectivity index is 2.70. The Morgan fingerprint density at radius 3 is 2.44 bits per heavy atom. The molecule has 0 spiro atoms. The second-order valence-electron chi connectivity index (χ2n) is 3.38. The van der Waals surface area contributed by atoms with Crippen molar-refractivity contribution in [3.8, 4) is 0 Å².